The second-order valence-corrected chi connectivity index (χ2v) is 9.32. The van der Waals surface area contributed by atoms with Crippen molar-refractivity contribution in [1.82, 2.24) is 0 Å². The quantitative estimate of drug-likeness (QED) is 0.293. The molecule has 1 aliphatic rings. The number of hydrogen-bond donors (Lipinski definition) is 0. The fourth-order valence-electron chi connectivity index (χ4n) is 4.81. The summed E-state index contributed by atoms with van der Waals surface area (Å²) < 4.78 is 0. The van der Waals surface area contributed by atoms with E-state index in [1.54, 1.807) is 0 Å². The van der Waals surface area contributed by atoms with Gasteiger partial charge >= 0.3 is 0 Å². The lowest BCUT2D eigenvalue weighted by Crippen LogP contribution is -2.15. The van der Waals surface area contributed by atoms with Gasteiger partial charge in [-0.15, -0.1) is 0 Å². The van der Waals surface area contributed by atoms with Gasteiger partial charge in [0.1, 0.15) is 0 Å². The van der Waals surface area contributed by atoms with Crippen LogP contribution in [0.4, 0.5) is 0 Å². The van der Waals surface area contributed by atoms with Crippen molar-refractivity contribution in [2.75, 3.05) is 0 Å². The Morgan fingerprint density at radius 3 is 1.60 bits per heavy atom. The van der Waals surface area contributed by atoms with Gasteiger partial charge in [-0.3, -0.25) is 0 Å². The molecule has 0 atom stereocenters. The fraction of sp³-hybridized carbons (Fsp3) is 0.533. The van der Waals surface area contributed by atoms with Crippen LogP contribution in [0.1, 0.15) is 100 Å². The molecule has 0 unspecified atom stereocenters. The van der Waals surface area contributed by atoms with Crippen LogP contribution in [0.15, 0.2) is 48.5 Å². The average Bonchev–Trinajstić information content (AvgIpc) is 2.79. The zero-order valence-corrected chi connectivity index (χ0v) is 19.3. The van der Waals surface area contributed by atoms with E-state index in [2.05, 4.69) is 74.2 Å². The van der Waals surface area contributed by atoms with Crippen molar-refractivity contribution in [3.8, 4) is 11.8 Å². The molecule has 30 heavy (non-hydrogen) atoms. The minimum atomic E-state index is 0.947. The van der Waals surface area contributed by atoms with E-state index in [0.29, 0.717) is 0 Å². The van der Waals surface area contributed by atoms with Crippen molar-refractivity contribution >= 4 is 0 Å². The predicted octanol–water partition coefficient (Wildman–Crippen LogP) is 8.36. The number of unbranched alkanes of at least 4 members (excludes halogenated alkanes) is 2. The molecule has 0 bridgehead atoms. The lowest BCUT2D eigenvalue weighted by Gasteiger charge is -2.28. The molecule has 0 heteroatoms. The highest BCUT2D eigenvalue weighted by Crippen LogP contribution is 2.34. The molecule has 0 heterocycles. The van der Waals surface area contributed by atoms with Crippen molar-refractivity contribution in [3.05, 3.63) is 70.8 Å². The molecule has 3 rings (SSSR count). The molecule has 0 radical (unpaired) electrons. The van der Waals surface area contributed by atoms with Crippen molar-refractivity contribution in [3.63, 3.8) is 0 Å². The average molecular weight is 401 g/mol. The standard InChI is InChI=1S/C30H40/c1-3-5-6-8-26-11-15-28(16-12-26)18-20-30-23-21-29(22-24-30)19-17-27-13-9-25(7-4-2)10-14-27/h9-10,13-14,21-24,26,28H,3-8,11-12,15-16,18,20H2,1-2H3. The lowest BCUT2D eigenvalue weighted by atomic mass is 9.78. The third-order valence-corrected chi connectivity index (χ3v) is 6.82. The van der Waals surface area contributed by atoms with Crippen LogP contribution in [0, 0.1) is 23.7 Å². The van der Waals surface area contributed by atoms with Gasteiger partial charge in [-0.05, 0) is 66.5 Å². The van der Waals surface area contributed by atoms with Crippen LogP contribution in [0.3, 0.4) is 0 Å². The maximum Gasteiger partial charge on any atom is 0.0249 e. The summed E-state index contributed by atoms with van der Waals surface area (Å²) in [5.74, 6) is 8.60. The number of hydrogen-bond acceptors (Lipinski definition) is 0. The molecular formula is C30H40. The summed E-state index contributed by atoms with van der Waals surface area (Å²) >= 11 is 0. The highest BCUT2D eigenvalue weighted by Gasteiger charge is 2.20. The monoisotopic (exact) mass is 400 g/mol. The minimum Gasteiger partial charge on any atom is -0.0654 e. The molecule has 0 spiro atoms. The van der Waals surface area contributed by atoms with Crippen LogP contribution in [-0.2, 0) is 12.8 Å². The Morgan fingerprint density at radius 1 is 0.600 bits per heavy atom. The summed E-state index contributed by atoms with van der Waals surface area (Å²) in [7, 11) is 0. The molecule has 1 aliphatic carbocycles. The molecule has 1 saturated carbocycles. The van der Waals surface area contributed by atoms with Gasteiger partial charge in [0, 0.05) is 11.1 Å². The summed E-state index contributed by atoms with van der Waals surface area (Å²) in [5, 5.41) is 0. The number of aryl methyl sites for hydroxylation is 2. The Labute approximate surface area is 185 Å². The molecule has 0 N–H and O–H groups in total. The number of rotatable bonds is 9. The molecule has 1 fully saturated rings. The first-order valence-corrected chi connectivity index (χ1v) is 12.5. The molecule has 2 aromatic carbocycles. The number of benzene rings is 2. The molecule has 0 nitrogen and oxygen atoms in total. The van der Waals surface area contributed by atoms with E-state index in [1.807, 2.05) is 0 Å². The molecular weight excluding hydrogens is 360 g/mol. The summed E-state index contributed by atoms with van der Waals surface area (Å²) in [6.45, 7) is 4.53. The van der Waals surface area contributed by atoms with Gasteiger partial charge in [-0.2, -0.15) is 0 Å². The van der Waals surface area contributed by atoms with Gasteiger partial charge in [0.15, 0.2) is 0 Å². The highest BCUT2D eigenvalue weighted by molar-refractivity contribution is 5.44. The first kappa shape index (κ1) is 22.7. The van der Waals surface area contributed by atoms with Crippen LogP contribution in [0.25, 0.3) is 0 Å². The molecule has 2 aromatic rings. The van der Waals surface area contributed by atoms with Crippen LogP contribution < -0.4 is 0 Å². The highest BCUT2D eigenvalue weighted by atomic mass is 14.3. The van der Waals surface area contributed by atoms with Gasteiger partial charge in [-0.25, -0.2) is 0 Å². The summed E-state index contributed by atoms with van der Waals surface area (Å²) in [4.78, 5) is 0. The summed E-state index contributed by atoms with van der Waals surface area (Å²) in [5.41, 5.74) is 5.08. The molecule has 0 amide bonds. The molecule has 160 valence electrons. The summed E-state index contributed by atoms with van der Waals surface area (Å²) in [6.07, 6.45) is 16.5. The van der Waals surface area contributed by atoms with Gasteiger partial charge in [0.2, 0.25) is 0 Å². The van der Waals surface area contributed by atoms with Gasteiger partial charge in [0.05, 0.1) is 0 Å². The Kier molecular flexibility index (Phi) is 9.56. The van der Waals surface area contributed by atoms with E-state index in [9.17, 15) is 0 Å². The first-order valence-electron chi connectivity index (χ1n) is 12.5. The van der Waals surface area contributed by atoms with E-state index < -0.39 is 0 Å². The second-order valence-electron chi connectivity index (χ2n) is 9.32. The van der Waals surface area contributed by atoms with Crippen molar-refractivity contribution in [1.29, 1.82) is 0 Å². The molecule has 0 aromatic heterocycles. The lowest BCUT2D eigenvalue weighted by molar-refractivity contribution is 0.249. The molecule has 0 saturated heterocycles. The topological polar surface area (TPSA) is 0 Å². The van der Waals surface area contributed by atoms with Crippen LogP contribution in [-0.4, -0.2) is 0 Å². The van der Waals surface area contributed by atoms with E-state index >= 15 is 0 Å². The SMILES string of the molecule is CCCCCC1CCC(CCc2ccc(C#Cc3ccc(CCC)cc3)cc2)CC1. The maximum atomic E-state index is 3.32. The van der Waals surface area contributed by atoms with E-state index in [0.717, 1.165) is 29.4 Å². The fourth-order valence-corrected chi connectivity index (χ4v) is 4.81. The van der Waals surface area contributed by atoms with Crippen molar-refractivity contribution < 1.29 is 0 Å². The maximum absolute atomic E-state index is 3.32. The minimum absolute atomic E-state index is 0.947. The van der Waals surface area contributed by atoms with Gasteiger partial charge < -0.3 is 0 Å². The third kappa shape index (κ3) is 7.68. The summed E-state index contributed by atoms with van der Waals surface area (Å²) in [6, 6.07) is 17.6. The Balaban J connectivity index is 1.41. The third-order valence-electron chi connectivity index (χ3n) is 6.82. The Bertz CT molecular complexity index is 777. The second kappa shape index (κ2) is 12.6. The smallest absolute Gasteiger partial charge is 0.0249 e. The van der Waals surface area contributed by atoms with E-state index in [4.69, 9.17) is 0 Å². The molecule has 0 aliphatic heterocycles. The zero-order chi connectivity index (χ0) is 21.0. The van der Waals surface area contributed by atoms with Crippen molar-refractivity contribution in [2.45, 2.75) is 90.9 Å². The largest absolute Gasteiger partial charge is 0.0654 e. The Morgan fingerprint density at radius 2 is 1.10 bits per heavy atom. The van der Waals surface area contributed by atoms with Crippen LogP contribution in [0.2, 0.25) is 0 Å². The predicted molar refractivity (Wildman–Crippen MR) is 131 cm³/mol. The first-order chi connectivity index (χ1) is 14.8. The van der Waals surface area contributed by atoms with E-state index in [1.165, 1.54) is 81.8 Å². The van der Waals surface area contributed by atoms with Gasteiger partial charge in [-0.1, -0.05) is 108 Å². The van der Waals surface area contributed by atoms with Crippen LogP contribution >= 0.6 is 0 Å². The zero-order valence-electron chi connectivity index (χ0n) is 19.3. The van der Waals surface area contributed by atoms with Crippen LogP contribution in [0.5, 0.6) is 0 Å². The van der Waals surface area contributed by atoms with Gasteiger partial charge in [0.25, 0.3) is 0 Å². The normalized spacial score (nSPS) is 18.6. The Hall–Kier alpha value is -2.00. The van der Waals surface area contributed by atoms with E-state index in [-0.39, 0.29) is 0 Å². The van der Waals surface area contributed by atoms with Crippen molar-refractivity contribution in [2.24, 2.45) is 11.8 Å².